The van der Waals surface area contributed by atoms with Crippen molar-refractivity contribution in [2.75, 3.05) is 39.8 Å². The van der Waals surface area contributed by atoms with Crippen molar-refractivity contribution < 1.29 is 39.5 Å². The van der Waals surface area contributed by atoms with Gasteiger partial charge in [-0.1, -0.05) is 0 Å². The Hall–Kier alpha value is -0.360. The molecule has 0 heterocycles. The van der Waals surface area contributed by atoms with Gasteiger partial charge in [-0.25, -0.2) is 5.90 Å². The molecule has 0 radical (unpaired) electrons. The molecule has 3 unspecified atom stereocenters. The second-order valence-electron chi connectivity index (χ2n) is 3.37. The highest BCUT2D eigenvalue weighted by Crippen LogP contribution is 1.98. The summed E-state index contributed by atoms with van der Waals surface area (Å²) in [5.74, 6) is 4.81. The van der Waals surface area contributed by atoms with E-state index >= 15 is 0 Å². The molecule has 0 saturated carbocycles. The zero-order valence-electron chi connectivity index (χ0n) is 9.97. The standard InChI is InChI=1S/C9H21NO8/c10-17-5-7(1-11)16-6-15-4-8(2-12)18-9(14)3-13/h7-9,11-14H,1-6,10H2. The van der Waals surface area contributed by atoms with Crippen molar-refractivity contribution in [3.8, 4) is 0 Å². The van der Waals surface area contributed by atoms with Gasteiger partial charge in [-0.15, -0.1) is 0 Å². The van der Waals surface area contributed by atoms with Crippen LogP contribution in [0.4, 0.5) is 0 Å². The van der Waals surface area contributed by atoms with Gasteiger partial charge in [0.1, 0.15) is 19.0 Å². The fraction of sp³-hybridized carbons (Fsp3) is 1.00. The highest BCUT2D eigenvalue weighted by Gasteiger charge is 2.14. The zero-order valence-corrected chi connectivity index (χ0v) is 9.97. The van der Waals surface area contributed by atoms with Gasteiger partial charge in [-0.3, -0.25) is 0 Å². The number of ether oxygens (including phenoxy) is 3. The third-order valence-corrected chi connectivity index (χ3v) is 1.89. The fourth-order valence-electron chi connectivity index (χ4n) is 0.985. The fourth-order valence-corrected chi connectivity index (χ4v) is 0.985. The minimum atomic E-state index is -1.37. The monoisotopic (exact) mass is 271 g/mol. The maximum absolute atomic E-state index is 8.98. The predicted octanol–water partition coefficient (Wildman–Crippen LogP) is -3.08. The summed E-state index contributed by atoms with van der Waals surface area (Å²) in [6, 6.07) is 0. The molecule has 6 N–H and O–H groups in total. The second-order valence-corrected chi connectivity index (χ2v) is 3.37. The summed E-state index contributed by atoms with van der Waals surface area (Å²) in [5.41, 5.74) is 0. The Morgan fingerprint density at radius 2 is 1.61 bits per heavy atom. The third-order valence-electron chi connectivity index (χ3n) is 1.89. The van der Waals surface area contributed by atoms with Gasteiger partial charge >= 0.3 is 0 Å². The molecule has 0 spiro atoms. The van der Waals surface area contributed by atoms with Crippen molar-refractivity contribution in [3.05, 3.63) is 0 Å². The average molecular weight is 271 g/mol. The van der Waals surface area contributed by atoms with Crippen molar-refractivity contribution in [2.24, 2.45) is 5.90 Å². The quantitative estimate of drug-likeness (QED) is 0.142. The van der Waals surface area contributed by atoms with Gasteiger partial charge in [-0.2, -0.15) is 0 Å². The molecule has 0 aromatic rings. The van der Waals surface area contributed by atoms with Gasteiger partial charge in [0.2, 0.25) is 0 Å². The minimum Gasteiger partial charge on any atom is -0.394 e. The van der Waals surface area contributed by atoms with Crippen molar-refractivity contribution >= 4 is 0 Å². The Bertz CT molecular complexity index is 184. The SMILES string of the molecule is NOCC(CO)OCOCC(CO)OC(O)CO. The highest BCUT2D eigenvalue weighted by molar-refractivity contribution is 4.55. The summed E-state index contributed by atoms with van der Waals surface area (Å²) in [5, 5.41) is 35.2. The molecular formula is C9H21NO8. The van der Waals surface area contributed by atoms with E-state index in [2.05, 4.69) is 4.84 Å². The van der Waals surface area contributed by atoms with Crippen LogP contribution in [0.2, 0.25) is 0 Å². The normalized spacial score (nSPS) is 16.5. The smallest absolute Gasteiger partial charge is 0.178 e. The van der Waals surface area contributed by atoms with Crippen molar-refractivity contribution in [2.45, 2.75) is 18.5 Å². The average Bonchev–Trinajstić information content (AvgIpc) is 2.40. The van der Waals surface area contributed by atoms with E-state index in [1.54, 1.807) is 0 Å². The molecule has 0 bridgehead atoms. The number of rotatable bonds is 12. The third kappa shape index (κ3) is 8.69. The maximum Gasteiger partial charge on any atom is 0.178 e. The Balaban J connectivity index is 3.66. The van der Waals surface area contributed by atoms with Gasteiger partial charge in [0.15, 0.2) is 6.29 Å². The molecule has 3 atom stereocenters. The minimum absolute atomic E-state index is 0.0169. The van der Waals surface area contributed by atoms with E-state index in [4.69, 9.17) is 40.5 Å². The number of nitrogens with two attached hydrogens (primary N) is 1. The van der Waals surface area contributed by atoms with Crippen LogP contribution in [0.1, 0.15) is 0 Å². The Morgan fingerprint density at radius 3 is 2.11 bits per heavy atom. The second kappa shape index (κ2) is 11.7. The molecule has 0 amide bonds. The molecule has 0 aliphatic heterocycles. The van der Waals surface area contributed by atoms with Crippen LogP contribution >= 0.6 is 0 Å². The van der Waals surface area contributed by atoms with Crippen LogP contribution in [-0.4, -0.2) is 78.8 Å². The van der Waals surface area contributed by atoms with Gasteiger partial charge in [-0.05, 0) is 0 Å². The van der Waals surface area contributed by atoms with E-state index in [0.717, 1.165) is 0 Å². The molecule has 0 rings (SSSR count). The molecule has 0 saturated heterocycles. The first-order valence-electron chi connectivity index (χ1n) is 5.35. The van der Waals surface area contributed by atoms with Crippen LogP contribution < -0.4 is 5.90 Å². The lowest BCUT2D eigenvalue weighted by atomic mass is 10.4. The van der Waals surface area contributed by atoms with Crippen molar-refractivity contribution in [1.82, 2.24) is 0 Å². The van der Waals surface area contributed by atoms with Gasteiger partial charge in [0, 0.05) is 0 Å². The molecule has 0 fully saturated rings. The Kier molecular flexibility index (Phi) is 11.5. The Labute approximate surface area is 105 Å². The molecule has 9 heteroatoms. The number of hydrogen-bond acceptors (Lipinski definition) is 9. The lowest BCUT2D eigenvalue weighted by molar-refractivity contribution is -0.194. The lowest BCUT2D eigenvalue weighted by Gasteiger charge is -2.19. The van der Waals surface area contributed by atoms with Crippen LogP contribution in [0.3, 0.4) is 0 Å². The van der Waals surface area contributed by atoms with Crippen LogP contribution in [-0.2, 0) is 19.0 Å². The summed E-state index contributed by atoms with van der Waals surface area (Å²) >= 11 is 0. The summed E-state index contributed by atoms with van der Waals surface area (Å²) < 4.78 is 14.8. The lowest BCUT2D eigenvalue weighted by Crippen LogP contribution is -2.32. The molecule has 110 valence electrons. The number of aliphatic hydroxyl groups excluding tert-OH is 4. The molecule has 0 aliphatic carbocycles. The largest absolute Gasteiger partial charge is 0.394 e. The van der Waals surface area contributed by atoms with Crippen LogP contribution in [0.5, 0.6) is 0 Å². The highest BCUT2D eigenvalue weighted by atomic mass is 16.7. The topological polar surface area (TPSA) is 144 Å². The van der Waals surface area contributed by atoms with E-state index in [1.165, 1.54) is 0 Å². The molecule has 9 nitrogen and oxygen atoms in total. The van der Waals surface area contributed by atoms with Gasteiger partial charge < -0.3 is 39.5 Å². The van der Waals surface area contributed by atoms with Crippen LogP contribution in [0.15, 0.2) is 0 Å². The van der Waals surface area contributed by atoms with E-state index < -0.39 is 25.1 Å². The predicted molar refractivity (Wildman–Crippen MR) is 58.0 cm³/mol. The summed E-state index contributed by atoms with van der Waals surface area (Å²) in [6.45, 7) is -1.43. The summed E-state index contributed by atoms with van der Waals surface area (Å²) in [7, 11) is 0. The van der Waals surface area contributed by atoms with Crippen LogP contribution in [0, 0.1) is 0 Å². The molecular weight excluding hydrogens is 250 g/mol. The first-order chi connectivity index (χ1) is 8.67. The van der Waals surface area contributed by atoms with Crippen molar-refractivity contribution in [1.29, 1.82) is 0 Å². The first-order valence-corrected chi connectivity index (χ1v) is 5.35. The van der Waals surface area contributed by atoms with Crippen molar-refractivity contribution in [3.63, 3.8) is 0 Å². The molecule has 0 aliphatic rings. The molecule has 18 heavy (non-hydrogen) atoms. The Morgan fingerprint density at radius 1 is 0.944 bits per heavy atom. The zero-order chi connectivity index (χ0) is 13.8. The number of hydrogen-bond donors (Lipinski definition) is 5. The van der Waals surface area contributed by atoms with Gasteiger partial charge in [0.05, 0.1) is 33.0 Å². The maximum atomic E-state index is 8.98. The molecule has 0 aromatic carbocycles. The van der Waals surface area contributed by atoms with E-state index in [1.807, 2.05) is 0 Å². The molecule has 0 aromatic heterocycles. The van der Waals surface area contributed by atoms with Gasteiger partial charge in [0.25, 0.3) is 0 Å². The summed E-state index contributed by atoms with van der Waals surface area (Å²) in [6.07, 6.45) is -2.76. The summed E-state index contributed by atoms with van der Waals surface area (Å²) in [4.78, 5) is 4.30. The first kappa shape index (κ1) is 17.6. The van der Waals surface area contributed by atoms with E-state index in [-0.39, 0.29) is 33.2 Å². The van der Waals surface area contributed by atoms with Crippen LogP contribution in [0.25, 0.3) is 0 Å². The van der Waals surface area contributed by atoms with E-state index in [9.17, 15) is 0 Å². The number of aliphatic hydroxyl groups is 4. The van der Waals surface area contributed by atoms with E-state index in [0.29, 0.717) is 0 Å².